The zero-order valence-electron chi connectivity index (χ0n) is 18.9. The molecular weight excluding hydrogens is 388 g/mol. The quantitative estimate of drug-likeness (QED) is 0.625. The zero-order chi connectivity index (χ0) is 22.9. The highest BCUT2D eigenvalue weighted by Crippen LogP contribution is 2.09. The molecule has 0 unspecified atom stereocenters. The Morgan fingerprint density at radius 3 is 2.00 bits per heavy atom. The Hall–Kier alpha value is -2.61. The molecule has 0 saturated heterocycles. The number of alkyl carbamates (subject to hydrolysis) is 1. The first kappa shape index (κ1) is 25.4. The van der Waals surface area contributed by atoms with Crippen molar-refractivity contribution in [1.29, 1.82) is 0 Å². The molecule has 0 heterocycles. The van der Waals surface area contributed by atoms with Crippen molar-refractivity contribution in [2.24, 2.45) is 0 Å². The van der Waals surface area contributed by atoms with E-state index >= 15 is 0 Å². The number of ether oxygens (including phenoxy) is 3. The Labute approximate surface area is 178 Å². The first-order valence-electron chi connectivity index (χ1n) is 9.91. The molecule has 168 valence electrons. The molecule has 0 fully saturated rings. The zero-order valence-corrected chi connectivity index (χ0v) is 18.9. The summed E-state index contributed by atoms with van der Waals surface area (Å²) in [5.41, 5.74) is -0.473. The maximum absolute atomic E-state index is 12.7. The molecule has 1 rings (SSSR count). The summed E-state index contributed by atoms with van der Waals surface area (Å²) in [7, 11) is 0. The van der Waals surface area contributed by atoms with Crippen molar-refractivity contribution in [3.8, 4) is 0 Å². The molecule has 2 atom stereocenters. The van der Waals surface area contributed by atoms with Gasteiger partial charge in [0.15, 0.2) is 0 Å². The van der Waals surface area contributed by atoms with Gasteiger partial charge in [-0.2, -0.15) is 0 Å². The molecule has 2 amide bonds. The maximum Gasteiger partial charge on any atom is 0.408 e. The molecule has 0 bridgehead atoms. The van der Waals surface area contributed by atoms with E-state index in [1.807, 2.05) is 30.3 Å². The number of carbonyl (C=O) groups excluding carboxylic acids is 3. The number of benzene rings is 1. The van der Waals surface area contributed by atoms with Crippen LogP contribution in [0, 0.1) is 0 Å². The van der Waals surface area contributed by atoms with Crippen molar-refractivity contribution in [2.75, 3.05) is 6.61 Å². The van der Waals surface area contributed by atoms with E-state index in [0.29, 0.717) is 0 Å². The number of hydrogen-bond donors (Lipinski definition) is 2. The largest absolute Gasteiger partial charge is 0.458 e. The minimum Gasteiger partial charge on any atom is -0.458 e. The van der Waals surface area contributed by atoms with Gasteiger partial charge in [-0.25, -0.2) is 9.59 Å². The summed E-state index contributed by atoms with van der Waals surface area (Å²) >= 11 is 0. The molecule has 1 aromatic rings. The molecule has 8 heteroatoms. The van der Waals surface area contributed by atoms with Gasteiger partial charge in [0.25, 0.3) is 0 Å². The average Bonchev–Trinajstić information content (AvgIpc) is 2.58. The van der Waals surface area contributed by atoms with Crippen LogP contribution in [-0.2, 0) is 30.4 Å². The van der Waals surface area contributed by atoms with Crippen LogP contribution >= 0.6 is 0 Å². The van der Waals surface area contributed by atoms with Crippen LogP contribution in [0.5, 0.6) is 0 Å². The number of rotatable bonds is 8. The lowest BCUT2D eigenvalue weighted by Crippen LogP contribution is -2.54. The summed E-state index contributed by atoms with van der Waals surface area (Å²) in [5.74, 6) is -1.15. The van der Waals surface area contributed by atoms with Gasteiger partial charge in [-0.15, -0.1) is 0 Å². The van der Waals surface area contributed by atoms with Crippen LogP contribution in [0.15, 0.2) is 30.3 Å². The smallest absolute Gasteiger partial charge is 0.408 e. The molecule has 30 heavy (non-hydrogen) atoms. The Balaban J connectivity index is 2.75. The summed E-state index contributed by atoms with van der Waals surface area (Å²) in [6.45, 7) is 12.1. The maximum atomic E-state index is 12.7. The van der Waals surface area contributed by atoms with Crippen molar-refractivity contribution in [3.05, 3.63) is 35.9 Å². The monoisotopic (exact) mass is 422 g/mol. The van der Waals surface area contributed by atoms with Gasteiger partial charge in [0.1, 0.15) is 23.3 Å². The fourth-order valence-electron chi connectivity index (χ4n) is 2.26. The number of carbonyl (C=O) groups is 3. The predicted molar refractivity (Wildman–Crippen MR) is 113 cm³/mol. The minimum atomic E-state index is -1.05. The van der Waals surface area contributed by atoms with Crippen molar-refractivity contribution in [2.45, 2.75) is 78.4 Å². The topological polar surface area (TPSA) is 103 Å². The van der Waals surface area contributed by atoms with E-state index in [1.165, 1.54) is 6.92 Å². The summed E-state index contributed by atoms with van der Waals surface area (Å²) in [6.07, 6.45) is -0.754. The van der Waals surface area contributed by atoms with Gasteiger partial charge in [-0.05, 0) is 54.0 Å². The lowest BCUT2D eigenvalue weighted by Gasteiger charge is -2.25. The molecule has 0 aliphatic heterocycles. The standard InChI is InChI=1S/C22H34N2O6/c1-15(19(26)29-21(2,3)4)23-18(25)17(24-20(27)30-22(5,6)7)14-28-13-16-11-9-8-10-12-16/h8-12,15,17H,13-14H2,1-7H3,(H,23,25)(H,24,27)/t15-,17-/m0/s1. The van der Waals surface area contributed by atoms with Crippen molar-refractivity contribution in [3.63, 3.8) is 0 Å². The van der Waals surface area contributed by atoms with Gasteiger partial charge >= 0.3 is 12.1 Å². The predicted octanol–water partition coefficient (Wildman–Crippen LogP) is 2.94. The molecule has 0 saturated carbocycles. The first-order chi connectivity index (χ1) is 13.8. The highest BCUT2D eigenvalue weighted by Gasteiger charge is 2.29. The minimum absolute atomic E-state index is 0.0962. The van der Waals surface area contributed by atoms with E-state index in [4.69, 9.17) is 14.2 Å². The second-order valence-corrected chi connectivity index (χ2v) is 8.96. The van der Waals surface area contributed by atoms with Crippen LogP contribution < -0.4 is 10.6 Å². The van der Waals surface area contributed by atoms with Crippen LogP contribution in [0.3, 0.4) is 0 Å². The summed E-state index contributed by atoms with van der Waals surface area (Å²) < 4.78 is 16.1. The first-order valence-corrected chi connectivity index (χ1v) is 9.91. The summed E-state index contributed by atoms with van der Waals surface area (Å²) in [6, 6.07) is 7.49. The lowest BCUT2D eigenvalue weighted by atomic mass is 10.2. The number of hydrogen-bond acceptors (Lipinski definition) is 6. The van der Waals surface area contributed by atoms with E-state index in [9.17, 15) is 14.4 Å². The van der Waals surface area contributed by atoms with Crippen LogP contribution in [0.25, 0.3) is 0 Å². The molecule has 2 N–H and O–H groups in total. The number of esters is 1. The molecule has 8 nitrogen and oxygen atoms in total. The van der Waals surface area contributed by atoms with Gasteiger partial charge in [0, 0.05) is 0 Å². The lowest BCUT2D eigenvalue weighted by molar-refractivity contribution is -0.158. The molecular formula is C22H34N2O6. The summed E-state index contributed by atoms with van der Waals surface area (Å²) in [4.78, 5) is 37.0. The van der Waals surface area contributed by atoms with Crippen LogP contribution in [0.2, 0.25) is 0 Å². The number of amides is 2. The Morgan fingerprint density at radius 1 is 0.900 bits per heavy atom. The Kier molecular flexibility index (Phi) is 9.29. The third-order valence-corrected chi connectivity index (χ3v) is 3.52. The number of nitrogens with one attached hydrogen (secondary N) is 2. The fourth-order valence-corrected chi connectivity index (χ4v) is 2.26. The van der Waals surface area contributed by atoms with Crippen LogP contribution in [0.1, 0.15) is 54.0 Å². The average molecular weight is 423 g/mol. The summed E-state index contributed by atoms with van der Waals surface area (Å²) in [5, 5.41) is 5.06. The molecule has 0 spiro atoms. The van der Waals surface area contributed by atoms with Crippen molar-refractivity contribution in [1.82, 2.24) is 10.6 Å². The van der Waals surface area contributed by atoms with E-state index in [2.05, 4.69) is 10.6 Å². The normalized spacial score (nSPS) is 13.7. The van der Waals surface area contributed by atoms with Crippen molar-refractivity contribution < 1.29 is 28.6 Å². The second kappa shape index (κ2) is 11.0. The van der Waals surface area contributed by atoms with E-state index in [-0.39, 0.29) is 13.2 Å². The molecule has 1 aromatic carbocycles. The Bertz CT molecular complexity index is 707. The third-order valence-electron chi connectivity index (χ3n) is 3.52. The molecule has 0 aliphatic rings. The van der Waals surface area contributed by atoms with Crippen molar-refractivity contribution >= 4 is 18.0 Å². The SMILES string of the molecule is C[C@H](NC(=O)[C@H](COCc1ccccc1)NC(=O)OC(C)(C)C)C(=O)OC(C)(C)C. The highest BCUT2D eigenvalue weighted by molar-refractivity contribution is 5.89. The Morgan fingerprint density at radius 2 is 1.47 bits per heavy atom. The van der Waals surface area contributed by atoms with Crippen LogP contribution in [-0.4, -0.2) is 47.9 Å². The fraction of sp³-hybridized carbons (Fsp3) is 0.591. The molecule has 0 aliphatic carbocycles. The van der Waals surface area contributed by atoms with Gasteiger partial charge in [-0.3, -0.25) is 4.79 Å². The molecule has 0 aromatic heterocycles. The second-order valence-electron chi connectivity index (χ2n) is 8.96. The van der Waals surface area contributed by atoms with Gasteiger partial charge in [-0.1, -0.05) is 30.3 Å². The van der Waals surface area contributed by atoms with E-state index < -0.39 is 41.3 Å². The van der Waals surface area contributed by atoms with Gasteiger partial charge < -0.3 is 24.8 Å². The molecule has 0 radical (unpaired) electrons. The van der Waals surface area contributed by atoms with Gasteiger partial charge in [0.05, 0.1) is 13.2 Å². The highest BCUT2D eigenvalue weighted by atomic mass is 16.6. The van der Waals surface area contributed by atoms with E-state index in [1.54, 1.807) is 41.5 Å². The van der Waals surface area contributed by atoms with E-state index in [0.717, 1.165) is 5.56 Å². The van der Waals surface area contributed by atoms with Crippen LogP contribution in [0.4, 0.5) is 4.79 Å². The van der Waals surface area contributed by atoms with Gasteiger partial charge in [0.2, 0.25) is 5.91 Å². The third kappa shape index (κ3) is 10.8.